The fraction of sp³-hybridized carbons (Fsp3) is 0.818. The molecule has 0 saturated carbocycles. The molecule has 1 unspecified atom stereocenters. The highest BCUT2D eigenvalue weighted by atomic mass is 16.6. The third kappa shape index (κ3) is 2.78. The topological polar surface area (TPSA) is 46.6 Å². The van der Waals surface area contributed by atoms with Crippen molar-refractivity contribution in [2.24, 2.45) is 5.92 Å². The zero-order chi connectivity index (χ0) is 11.8. The molecule has 1 rings (SSSR count). The summed E-state index contributed by atoms with van der Waals surface area (Å²) in [6, 6.07) is -0.0626. The molecule has 1 aliphatic rings. The van der Waals surface area contributed by atoms with Crippen LogP contribution in [-0.4, -0.2) is 41.9 Å². The average molecular weight is 213 g/mol. The summed E-state index contributed by atoms with van der Waals surface area (Å²) in [6.45, 7) is 7.63. The molecule has 0 aromatic rings. The van der Waals surface area contributed by atoms with Gasteiger partial charge in [-0.15, -0.1) is 0 Å². The first kappa shape index (κ1) is 12.2. The van der Waals surface area contributed by atoms with Gasteiger partial charge in [0.25, 0.3) is 0 Å². The number of nitrogens with zero attached hydrogens (tertiary/aromatic N) is 1. The van der Waals surface area contributed by atoms with E-state index in [2.05, 4.69) is 0 Å². The minimum absolute atomic E-state index is 0.0424. The molecule has 1 fully saturated rings. The van der Waals surface area contributed by atoms with Crippen LogP contribution in [0.3, 0.4) is 0 Å². The molecule has 4 heteroatoms. The molecule has 0 aromatic carbocycles. The molecule has 1 saturated heterocycles. The first-order valence-corrected chi connectivity index (χ1v) is 5.18. The van der Waals surface area contributed by atoms with Crippen LogP contribution >= 0.6 is 0 Å². The summed E-state index contributed by atoms with van der Waals surface area (Å²) in [7, 11) is 1.84. The van der Waals surface area contributed by atoms with E-state index in [9.17, 15) is 9.59 Å². The van der Waals surface area contributed by atoms with Crippen molar-refractivity contribution in [1.82, 2.24) is 4.90 Å². The molecular weight excluding hydrogens is 194 g/mol. The van der Waals surface area contributed by atoms with Gasteiger partial charge in [0.1, 0.15) is 11.5 Å². The molecule has 0 amide bonds. The van der Waals surface area contributed by atoms with Gasteiger partial charge in [0, 0.05) is 6.04 Å². The SMILES string of the molecule is C[C@H]1C(C(=O)OC(C)(C)C)C(=O)CN1C. The Hall–Kier alpha value is -0.900. The Kier molecular flexibility index (Phi) is 3.19. The highest BCUT2D eigenvalue weighted by molar-refractivity contribution is 6.02. The summed E-state index contributed by atoms with van der Waals surface area (Å²) >= 11 is 0. The molecule has 0 aromatic heterocycles. The molecule has 0 radical (unpaired) electrons. The van der Waals surface area contributed by atoms with E-state index in [1.165, 1.54) is 0 Å². The lowest BCUT2D eigenvalue weighted by molar-refractivity contribution is -0.161. The van der Waals surface area contributed by atoms with Crippen molar-refractivity contribution in [3.63, 3.8) is 0 Å². The van der Waals surface area contributed by atoms with Crippen LogP contribution in [0, 0.1) is 5.92 Å². The van der Waals surface area contributed by atoms with Gasteiger partial charge in [-0.2, -0.15) is 0 Å². The van der Waals surface area contributed by atoms with Gasteiger partial charge >= 0.3 is 5.97 Å². The van der Waals surface area contributed by atoms with Crippen molar-refractivity contribution in [2.75, 3.05) is 13.6 Å². The number of hydrogen-bond donors (Lipinski definition) is 0. The number of carbonyl (C=O) groups excluding carboxylic acids is 2. The zero-order valence-corrected chi connectivity index (χ0v) is 10.0. The van der Waals surface area contributed by atoms with Gasteiger partial charge in [-0.05, 0) is 34.7 Å². The second-order valence-electron chi connectivity index (χ2n) is 5.13. The molecule has 0 bridgehead atoms. The summed E-state index contributed by atoms with van der Waals surface area (Å²) in [5, 5.41) is 0. The first-order valence-electron chi connectivity index (χ1n) is 5.18. The van der Waals surface area contributed by atoms with Gasteiger partial charge in [0.05, 0.1) is 6.54 Å². The number of rotatable bonds is 1. The smallest absolute Gasteiger partial charge is 0.318 e. The monoisotopic (exact) mass is 213 g/mol. The minimum atomic E-state index is -0.616. The highest BCUT2D eigenvalue weighted by Crippen LogP contribution is 2.22. The van der Waals surface area contributed by atoms with Crippen molar-refractivity contribution in [3.05, 3.63) is 0 Å². The normalized spacial score (nSPS) is 28.2. The lowest BCUT2D eigenvalue weighted by Crippen LogP contribution is -2.36. The first-order chi connectivity index (χ1) is 6.72. The number of carbonyl (C=O) groups is 2. The van der Waals surface area contributed by atoms with Crippen molar-refractivity contribution in [2.45, 2.75) is 39.3 Å². The largest absolute Gasteiger partial charge is 0.459 e. The fourth-order valence-electron chi connectivity index (χ4n) is 1.71. The van der Waals surface area contributed by atoms with Crippen molar-refractivity contribution < 1.29 is 14.3 Å². The second-order valence-corrected chi connectivity index (χ2v) is 5.13. The van der Waals surface area contributed by atoms with Crippen molar-refractivity contribution in [3.8, 4) is 0 Å². The molecule has 0 aliphatic carbocycles. The summed E-state index contributed by atoms with van der Waals surface area (Å²) in [5.74, 6) is -1.06. The van der Waals surface area contributed by atoms with Gasteiger partial charge < -0.3 is 4.74 Å². The molecule has 0 N–H and O–H groups in total. The fourth-order valence-corrected chi connectivity index (χ4v) is 1.71. The van der Waals surface area contributed by atoms with Crippen LogP contribution in [0.1, 0.15) is 27.7 Å². The quantitative estimate of drug-likeness (QED) is 0.478. The van der Waals surface area contributed by atoms with E-state index in [0.717, 1.165) is 0 Å². The number of ether oxygens (including phenoxy) is 1. The number of ketones is 1. The number of Topliss-reactive ketones (excluding diaryl/α,β-unsaturated/α-hetero) is 1. The number of hydrogen-bond acceptors (Lipinski definition) is 4. The van der Waals surface area contributed by atoms with Crippen LogP contribution in [0.25, 0.3) is 0 Å². The third-order valence-corrected chi connectivity index (χ3v) is 2.59. The van der Waals surface area contributed by atoms with Gasteiger partial charge in [-0.3, -0.25) is 14.5 Å². The highest BCUT2D eigenvalue weighted by Gasteiger charge is 2.42. The van der Waals surface area contributed by atoms with E-state index >= 15 is 0 Å². The van der Waals surface area contributed by atoms with Crippen molar-refractivity contribution in [1.29, 1.82) is 0 Å². The summed E-state index contributed by atoms with van der Waals surface area (Å²) < 4.78 is 5.22. The maximum Gasteiger partial charge on any atom is 0.318 e. The Morgan fingerprint density at radius 3 is 2.33 bits per heavy atom. The Balaban J connectivity index is 2.72. The standard InChI is InChI=1S/C11H19NO3/c1-7-9(8(13)6-12(7)5)10(14)15-11(2,3)4/h7,9H,6H2,1-5H3/t7-,9?/m0/s1. The Morgan fingerprint density at radius 2 is 2.00 bits per heavy atom. The van der Waals surface area contributed by atoms with Crippen LogP contribution in [0.15, 0.2) is 0 Å². The van der Waals surface area contributed by atoms with E-state index in [1.54, 1.807) is 20.8 Å². The minimum Gasteiger partial charge on any atom is -0.459 e. The Labute approximate surface area is 90.6 Å². The van der Waals surface area contributed by atoms with Crippen molar-refractivity contribution >= 4 is 11.8 Å². The summed E-state index contributed by atoms with van der Waals surface area (Å²) in [4.78, 5) is 25.2. The predicted molar refractivity (Wildman–Crippen MR) is 56.4 cm³/mol. The molecule has 1 aliphatic heterocycles. The predicted octanol–water partition coefficient (Wildman–Crippen LogP) is 0.847. The lowest BCUT2D eigenvalue weighted by Gasteiger charge is -2.24. The van der Waals surface area contributed by atoms with Crippen LogP contribution < -0.4 is 0 Å². The molecule has 2 atom stereocenters. The van der Waals surface area contributed by atoms with Gasteiger partial charge in [0.15, 0.2) is 5.78 Å². The lowest BCUT2D eigenvalue weighted by atomic mass is 10.0. The molecule has 0 spiro atoms. The van der Waals surface area contributed by atoms with E-state index in [4.69, 9.17) is 4.74 Å². The van der Waals surface area contributed by atoms with E-state index in [1.807, 2.05) is 18.9 Å². The van der Waals surface area contributed by atoms with Crippen LogP contribution in [0.2, 0.25) is 0 Å². The molecule has 86 valence electrons. The summed E-state index contributed by atoms with van der Waals surface area (Å²) in [5.41, 5.74) is -0.530. The molecule has 1 heterocycles. The second kappa shape index (κ2) is 3.93. The third-order valence-electron chi connectivity index (χ3n) is 2.59. The zero-order valence-electron chi connectivity index (χ0n) is 10.0. The average Bonchev–Trinajstić information content (AvgIpc) is 2.22. The Bertz CT molecular complexity index is 280. The maximum atomic E-state index is 11.8. The van der Waals surface area contributed by atoms with Gasteiger partial charge in [-0.1, -0.05) is 0 Å². The molecular formula is C11H19NO3. The Morgan fingerprint density at radius 1 is 1.47 bits per heavy atom. The van der Waals surface area contributed by atoms with E-state index in [-0.39, 0.29) is 11.8 Å². The van der Waals surface area contributed by atoms with Gasteiger partial charge in [0.2, 0.25) is 0 Å². The number of esters is 1. The maximum absolute atomic E-state index is 11.8. The van der Waals surface area contributed by atoms with E-state index in [0.29, 0.717) is 6.54 Å². The number of likely N-dealkylation sites (N-methyl/N-ethyl adjacent to an activating group) is 1. The van der Waals surface area contributed by atoms with Crippen LogP contribution in [0.4, 0.5) is 0 Å². The molecule has 4 nitrogen and oxygen atoms in total. The number of likely N-dealkylation sites (tertiary alicyclic amines) is 1. The van der Waals surface area contributed by atoms with Crippen LogP contribution in [-0.2, 0) is 14.3 Å². The van der Waals surface area contributed by atoms with E-state index < -0.39 is 17.5 Å². The van der Waals surface area contributed by atoms with Gasteiger partial charge in [-0.25, -0.2) is 0 Å². The summed E-state index contributed by atoms with van der Waals surface area (Å²) in [6.07, 6.45) is 0. The van der Waals surface area contributed by atoms with Crippen LogP contribution in [0.5, 0.6) is 0 Å². The molecule has 15 heavy (non-hydrogen) atoms.